The van der Waals surface area contributed by atoms with Crippen molar-refractivity contribution in [3.63, 3.8) is 0 Å². The Morgan fingerprint density at radius 2 is 2.33 bits per heavy atom. The molecular weight excluding hydrogens is 176 g/mol. The summed E-state index contributed by atoms with van der Waals surface area (Å²) < 4.78 is 0. The number of hydrogen-bond acceptors (Lipinski definition) is 3. The molecule has 0 aliphatic heterocycles. The zero-order valence-corrected chi connectivity index (χ0v) is 7.62. The van der Waals surface area contributed by atoms with Crippen molar-refractivity contribution in [2.24, 2.45) is 5.18 Å². The molecule has 0 aromatic carbocycles. The maximum atomic E-state index is 10.0. The normalized spacial score (nSPS) is 11.4. The van der Waals surface area contributed by atoms with Gasteiger partial charge in [0.25, 0.3) is 0 Å². The predicted octanol–water partition coefficient (Wildman–Crippen LogP) is 2.20. The van der Waals surface area contributed by atoms with Crippen LogP contribution < -0.4 is 0 Å². The van der Waals surface area contributed by atoms with Crippen LogP contribution in [0.2, 0.25) is 0 Å². The van der Waals surface area contributed by atoms with Crippen LogP contribution in [-0.4, -0.2) is 11.0 Å². The minimum atomic E-state index is -0.176. The zero-order valence-electron chi connectivity index (χ0n) is 6.80. The highest BCUT2D eigenvalue weighted by molar-refractivity contribution is 5.85. The van der Waals surface area contributed by atoms with Gasteiger partial charge in [-0.2, -0.15) is 4.91 Å². The molecule has 0 bridgehead atoms. The fourth-order valence-corrected chi connectivity index (χ4v) is 0.859. The number of rotatable bonds is 3. The highest BCUT2D eigenvalue weighted by Gasteiger charge is 2.01. The van der Waals surface area contributed by atoms with Gasteiger partial charge in [0.05, 0.1) is 6.04 Å². The molecule has 1 rings (SSSR count). The number of halogens is 1. The fraction of sp³-hybridized carbons (Fsp3) is 0.375. The maximum absolute atomic E-state index is 10.0. The summed E-state index contributed by atoms with van der Waals surface area (Å²) in [4.78, 5) is 14.1. The largest absolute Gasteiger partial charge is 0.261 e. The van der Waals surface area contributed by atoms with Gasteiger partial charge >= 0.3 is 0 Å². The fourth-order valence-electron chi connectivity index (χ4n) is 0.859. The molecule has 0 aliphatic carbocycles. The quantitative estimate of drug-likeness (QED) is 0.680. The van der Waals surface area contributed by atoms with Crippen molar-refractivity contribution in [1.82, 2.24) is 4.98 Å². The van der Waals surface area contributed by atoms with Crippen molar-refractivity contribution in [2.75, 3.05) is 0 Å². The molecule has 0 aliphatic rings. The molecule has 0 saturated carbocycles. The van der Waals surface area contributed by atoms with E-state index in [1.165, 1.54) is 0 Å². The third-order valence-electron chi connectivity index (χ3n) is 1.41. The Labute approximate surface area is 77.6 Å². The Bertz CT molecular complexity index is 228. The van der Waals surface area contributed by atoms with E-state index in [2.05, 4.69) is 10.2 Å². The zero-order chi connectivity index (χ0) is 8.10. The number of hydrogen-bond donors (Lipinski definition) is 0. The average molecular weight is 187 g/mol. The van der Waals surface area contributed by atoms with Gasteiger partial charge in [-0.1, -0.05) is 11.2 Å². The van der Waals surface area contributed by atoms with E-state index in [1.54, 1.807) is 13.1 Å². The number of pyridine rings is 1. The molecule has 0 radical (unpaired) electrons. The van der Waals surface area contributed by atoms with Gasteiger partial charge in [0, 0.05) is 18.3 Å². The summed E-state index contributed by atoms with van der Waals surface area (Å²) in [5.74, 6) is 0. The smallest absolute Gasteiger partial charge is 0.0946 e. The third-order valence-corrected chi connectivity index (χ3v) is 1.41. The molecule has 1 aromatic heterocycles. The average Bonchev–Trinajstić information content (AvgIpc) is 2.06. The van der Waals surface area contributed by atoms with Crippen LogP contribution in [0.3, 0.4) is 0 Å². The van der Waals surface area contributed by atoms with Gasteiger partial charge in [-0.3, -0.25) is 4.98 Å². The van der Waals surface area contributed by atoms with Gasteiger partial charge in [-0.25, -0.2) is 0 Å². The van der Waals surface area contributed by atoms with E-state index in [1.807, 2.05) is 18.2 Å². The van der Waals surface area contributed by atoms with Crippen LogP contribution in [-0.2, 0) is 6.42 Å². The van der Waals surface area contributed by atoms with Gasteiger partial charge in [0.1, 0.15) is 0 Å². The number of aromatic nitrogens is 1. The summed E-state index contributed by atoms with van der Waals surface area (Å²) in [5.41, 5.74) is 0.916. The Hall–Kier alpha value is -0.960. The van der Waals surface area contributed by atoms with Crippen LogP contribution in [0.15, 0.2) is 29.6 Å². The SMILES string of the molecule is CC(Cc1ccccn1)N=O.Cl. The van der Waals surface area contributed by atoms with E-state index in [-0.39, 0.29) is 18.4 Å². The van der Waals surface area contributed by atoms with Crippen LogP contribution in [0.4, 0.5) is 0 Å². The Kier molecular flexibility index (Phi) is 5.21. The summed E-state index contributed by atoms with van der Waals surface area (Å²) in [6.45, 7) is 1.78. The molecule has 1 atom stereocenters. The van der Waals surface area contributed by atoms with Crippen molar-refractivity contribution < 1.29 is 0 Å². The van der Waals surface area contributed by atoms with Crippen LogP contribution in [0, 0.1) is 4.91 Å². The number of nitroso groups, excluding NO2 is 1. The van der Waals surface area contributed by atoms with E-state index < -0.39 is 0 Å². The molecule has 1 unspecified atom stereocenters. The van der Waals surface area contributed by atoms with Crippen molar-refractivity contribution in [3.05, 3.63) is 35.0 Å². The van der Waals surface area contributed by atoms with Crippen molar-refractivity contribution in [2.45, 2.75) is 19.4 Å². The maximum Gasteiger partial charge on any atom is 0.0946 e. The lowest BCUT2D eigenvalue weighted by Crippen LogP contribution is -2.02. The molecule has 3 nitrogen and oxygen atoms in total. The highest BCUT2D eigenvalue weighted by atomic mass is 35.5. The molecule has 1 heterocycles. The van der Waals surface area contributed by atoms with E-state index in [0.29, 0.717) is 6.42 Å². The van der Waals surface area contributed by atoms with E-state index in [9.17, 15) is 4.91 Å². The first-order chi connectivity index (χ1) is 5.33. The molecule has 4 heteroatoms. The summed E-state index contributed by atoms with van der Waals surface area (Å²) in [7, 11) is 0. The van der Waals surface area contributed by atoms with Crippen molar-refractivity contribution in [3.8, 4) is 0 Å². The second kappa shape index (κ2) is 5.66. The summed E-state index contributed by atoms with van der Waals surface area (Å²) >= 11 is 0. The Morgan fingerprint density at radius 3 is 2.83 bits per heavy atom. The Morgan fingerprint density at radius 1 is 1.58 bits per heavy atom. The molecule has 0 amide bonds. The van der Waals surface area contributed by atoms with E-state index in [0.717, 1.165) is 5.69 Å². The van der Waals surface area contributed by atoms with Gasteiger partial charge < -0.3 is 0 Å². The minimum absolute atomic E-state index is 0. The second-order valence-electron chi connectivity index (χ2n) is 2.48. The lowest BCUT2D eigenvalue weighted by Gasteiger charge is -1.99. The molecule has 0 spiro atoms. The van der Waals surface area contributed by atoms with Gasteiger partial charge in [0.15, 0.2) is 0 Å². The monoisotopic (exact) mass is 186 g/mol. The lowest BCUT2D eigenvalue weighted by molar-refractivity contribution is 0.718. The lowest BCUT2D eigenvalue weighted by atomic mass is 10.2. The predicted molar refractivity (Wildman–Crippen MR) is 50.4 cm³/mol. The Balaban J connectivity index is 0.00000121. The van der Waals surface area contributed by atoms with Crippen LogP contribution in [0.5, 0.6) is 0 Å². The minimum Gasteiger partial charge on any atom is -0.261 e. The van der Waals surface area contributed by atoms with Crippen LogP contribution >= 0.6 is 12.4 Å². The molecule has 0 fully saturated rings. The molecular formula is C8H11ClN2O. The van der Waals surface area contributed by atoms with Crippen LogP contribution in [0.25, 0.3) is 0 Å². The number of nitrogens with zero attached hydrogens (tertiary/aromatic N) is 2. The van der Waals surface area contributed by atoms with E-state index in [4.69, 9.17) is 0 Å². The first-order valence-electron chi connectivity index (χ1n) is 3.55. The standard InChI is InChI=1S/C8H10N2O.ClH/c1-7(10-11)6-8-4-2-3-5-9-8;/h2-5,7H,6H2,1H3;1H. The van der Waals surface area contributed by atoms with Gasteiger partial charge in [0.2, 0.25) is 0 Å². The first-order valence-corrected chi connectivity index (χ1v) is 3.55. The first kappa shape index (κ1) is 11.0. The van der Waals surface area contributed by atoms with Crippen molar-refractivity contribution in [1.29, 1.82) is 0 Å². The topological polar surface area (TPSA) is 42.3 Å². The highest BCUT2D eigenvalue weighted by Crippen LogP contribution is 2.00. The van der Waals surface area contributed by atoms with Crippen LogP contribution in [0.1, 0.15) is 12.6 Å². The summed E-state index contributed by atoms with van der Waals surface area (Å²) in [6, 6.07) is 5.47. The van der Waals surface area contributed by atoms with E-state index >= 15 is 0 Å². The molecule has 66 valence electrons. The van der Waals surface area contributed by atoms with Gasteiger partial charge in [-0.15, -0.1) is 12.4 Å². The molecule has 12 heavy (non-hydrogen) atoms. The third kappa shape index (κ3) is 3.44. The second-order valence-corrected chi connectivity index (χ2v) is 2.48. The molecule has 0 saturated heterocycles. The molecule has 1 aromatic rings. The molecule has 0 N–H and O–H groups in total. The summed E-state index contributed by atoms with van der Waals surface area (Å²) in [6.07, 6.45) is 2.34. The van der Waals surface area contributed by atoms with Crippen molar-refractivity contribution >= 4 is 12.4 Å². The summed E-state index contributed by atoms with van der Waals surface area (Å²) in [5, 5.41) is 2.89. The van der Waals surface area contributed by atoms with Gasteiger partial charge in [-0.05, 0) is 19.1 Å².